The van der Waals surface area contributed by atoms with E-state index in [1.54, 1.807) is 30.3 Å². The molecule has 0 unspecified atom stereocenters. The van der Waals surface area contributed by atoms with Gasteiger partial charge in [-0.1, -0.05) is 42.5 Å². The quantitative estimate of drug-likeness (QED) is 0.209. The summed E-state index contributed by atoms with van der Waals surface area (Å²) in [5.74, 6) is -0.105. The zero-order valence-corrected chi connectivity index (χ0v) is 15.3. The predicted molar refractivity (Wildman–Crippen MR) is 105 cm³/mol. The van der Waals surface area contributed by atoms with Crippen LogP contribution in [0, 0.1) is 21.4 Å². The number of nitrogens with zero attached hydrogens (tertiary/aromatic N) is 2. The van der Waals surface area contributed by atoms with E-state index in [0.29, 0.717) is 17.2 Å². The SMILES string of the molecule is N#C/C(=C\c1ccc(Oc2ccc(C(F)(F)F)cc2[N+](=O)[O-])cc1)c1ccccc1. The topological polar surface area (TPSA) is 76.2 Å². The molecule has 0 saturated carbocycles. The van der Waals surface area contributed by atoms with E-state index in [0.717, 1.165) is 17.7 Å². The number of rotatable bonds is 5. The largest absolute Gasteiger partial charge is 0.450 e. The Kier molecular flexibility index (Phi) is 5.83. The number of hydrogen-bond acceptors (Lipinski definition) is 4. The number of nitro benzene ring substituents is 1. The smallest absolute Gasteiger partial charge is 0.416 e. The Hall–Kier alpha value is -4.12. The molecule has 0 spiro atoms. The molecule has 3 aromatic carbocycles. The normalized spacial score (nSPS) is 11.6. The van der Waals surface area contributed by atoms with Gasteiger partial charge in [0.2, 0.25) is 5.75 Å². The lowest BCUT2D eigenvalue weighted by Crippen LogP contribution is -2.06. The standard InChI is InChI=1S/C22H13F3N2O3/c23-22(24,25)18-8-11-21(20(13-18)27(28)29)30-19-9-6-15(7-10-19)12-17(14-26)16-4-2-1-3-5-16/h1-13H/b17-12+. The molecule has 0 saturated heterocycles. The molecule has 0 aromatic heterocycles. The highest BCUT2D eigenvalue weighted by Crippen LogP contribution is 2.37. The van der Waals surface area contributed by atoms with Gasteiger partial charge in [-0.05, 0) is 41.5 Å². The van der Waals surface area contributed by atoms with Crippen molar-refractivity contribution in [3.63, 3.8) is 0 Å². The fraction of sp³-hybridized carbons (Fsp3) is 0.0455. The van der Waals surface area contributed by atoms with E-state index in [4.69, 9.17) is 4.74 Å². The van der Waals surface area contributed by atoms with Crippen LogP contribution in [0.2, 0.25) is 0 Å². The van der Waals surface area contributed by atoms with Gasteiger partial charge in [-0.15, -0.1) is 0 Å². The van der Waals surface area contributed by atoms with E-state index >= 15 is 0 Å². The summed E-state index contributed by atoms with van der Waals surface area (Å²) in [4.78, 5) is 10.2. The number of ether oxygens (including phenoxy) is 1. The van der Waals surface area contributed by atoms with Crippen molar-refractivity contribution >= 4 is 17.3 Å². The van der Waals surface area contributed by atoms with E-state index < -0.39 is 22.4 Å². The van der Waals surface area contributed by atoms with Gasteiger partial charge >= 0.3 is 11.9 Å². The lowest BCUT2D eigenvalue weighted by molar-refractivity contribution is -0.385. The first-order valence-corrected chi connectivity index (χ1v) is 8.58. The van der Waals surface area contributed by atoms with Crippen LogP contribution < -0.4 is 4.74 Å². The molecule has 3 aromatic rings. The monoisotopic (exact) mass is 410 g/mol. The van der Waals surface area contributed by atoms with Gasteiger partial charge in [0.25, 0.3) is 0 Å². The van der Waals surface area contributed by atoms with Gasteiger partial charge in [0.1, 0.15) is 5.75 Å². The van der Waals surface area contributed by atoms with Crippen LogP contribution >= 0.6 is 0 Å². The van der Waals surface area contributed by atoms with E-state index in [1.165, 1.54) is 12.1 Å². The Morgan fingerprint density at radius 1 is 1.03 bits per heavy atom. The highest BCUT2D eigenvalue weighted by molar-refractivity contribution is 5.89. The molecule has 30 heavy (non-hydrogen) atoms. The predicted octanol–water partition coefficient (Wildman–Crippen LogP) is 6.47. The van der Waals surface area contributed by atoms with Gasteiger partial charge < -0.3 is 4.74 Å². The molecule has 0 radical (unpaired) electrons. The first kappa shape index (κ1) is 20.6. The molecule has 8 heteroatoms. The van der Waals surface area contributed by atoms with Crippen molar-refractivity contribution in [1.29, 1.82) is 5.26 Å². The lowest BCUT2D eigenvalue weighted by atomic mass is 10.0. The van der Waals surface area contributed by atoms with Crippen molar-refractivity contribution in [2.45, 2.75) is 6.18 Å². The molecule has 0 aliphatic rings. The molecule has 5 nitrogen and oxygen atoms in total. The summed E-state index contributed by atoms with van der Waals surface area (Å²) in [6.45, 7) is 0. The number of hydrogen-bond donors (Lipinski definition) is 0. The zero-order chi connectivity index (χ0) is 21.7. The molecule has 0 fully saturated rings. The molecule has 0 bridgehead atoms. The number of allylic oxidation sites excluding steroid dienone is 1. The summed E-state index contributed by atoms with van der Waals surface area (Å²) in [7, 11) is 0. The third kappa shape index (κ3) is 4.83. The summed E-state index contributed by atoms with van der Waals surface area (Å²) < 4.78 is 43.8. The van der Waals surface area contributed by atoms with Crippen LogP contribution in [-0.2, 0) is 6.18 Å². The second-order valence-electron chi connectivity index (χ2n) is 6.14. The van der Waals surface area contributed by atoms with Crippen molar-refractivity contribution in [2.75, 3.05) is 0 Å². The van der Waals surface area contributed by atoms with Gasteiger partial charge in [-0.3, -0.25) is 10.1 Å². The Morgan fingerprint density at radius 2 is 1.70 bits per heavy atom. The minimum Gasteiger partial charge on any atom is -0.450 e. The Bertz CT molecular complexity index is 1130. The maximum atomic E-state index is 12.8. The number of nitriles is 1. The first-order valence-electron chi connectivity index (χ1n) is 8.58. The number of alkyl halides is 3. The third-order valence-corrected chi connectivity index (χ3v) is 4.11. The Morgan fingerprint density at radius 3 is 2.27 bits per heavy atom. The third-order valence-electron chi connectivity index (χ3n) is 4.11. The lowest BCUT2D eigenvalue weighted by Gasteiger charge is -2.10. The second-order valence-corrected chi connectivity index (χ2v) is 6.14. The van der Waals surface area contributed by atoms with Gasteiger partial charge in [0.15, 0.2) is 0 Å². The number of nitro groups is 1. The van der Waals surface area contributed by atoms with E-state index in [1.807, 2.05) is 18.2 Å². The van der Waals surface area contributed by atoms with Crippen LogP contribution in [0.5, 0.6) is 11.5 Å². The Balaban J connectivity index is 1.85. The van der Waals surface area contributed by atoms with Crippen molar-refractivity contribution < 1.29 is 22.8 Å². The summed E-state index contributed by atoms with van der Waals surface area (Å²) in [6.07, 6.45) is -3.03. The van der Waals surface area contributed by atoms with E-state index in [-0.39, 0.29) is 11.5 Å². The molecule has 3 rings (SSSR count). The van der Waals surface area contributed by atoms with Crippen molar-refractivity contribution in [1.82, 2.24) is 0 Å². The van der Waals surface area contributed by atoms with Gasteiger partial charge in [0.05, 0.1) is 22.1 Å². The van der Waals surface area contributed by atoms with Crippen LogP contribution in [0.3, 0.4) is 0 Å². The molecule has 0 N–H and O–H groups in total. The van der Waals surface area contributed by atoms with Crippen molar-refractivity contribution in [3.05, 3.63) is 99.6 Å². The molecule has 0 aliphatic heterocycles. The van der Waals surface area contributed by atoms with Crippen molar-refractivity contribution in [3.8, 4) is 17.6 Å². The minimum absolute atomic E-state index is 0.202. The zero-order valence-electron chi connectivity index (χ0n) is 15.3. The molecule has 150 valence electrons. The Labute approximate surface area is 169 Å². The van der Waals surface area contributed by atoms with E-state index in [2.05, 4.69) is 6.07 Å². The van der Waals surface area contributed by atoms with Crippen LogP contribution in [0.15, 0.2) is 72.8 Å². The molecule has 0 heterocycles. The minimum atomic E-state index is -4.70. The van der Waals surface area contributed by atoms with Gasteiger partial charge in [-0.25, -0.2) is 0 Å². The first-order chi connectivity index (χ1) is 14.3. The number of halogens is 3. The van der Waals surface area contributed by atoms with Crippen LogP contribution in [0.4, 0.5) is 18.9 Å². The summed E-state index contributed by atoms with van der Waals surface area (Å²) in [5.41, 5.74) is -0.0374. The van der Waals surface area contributed by atoms with Gasteiger partial charge in [0, 0.05) is 6.07 Å². The summed E-state index contributed by atoms with van der Waals surface area (Å²) in [5, 5.41) is 20.5. The van der Waals surface area contributed by atoms with Crippen LogP contribution in [0.1, 0.15) is 16.7 Å². The average Bonchev–Trinajstić information content (AvgIpc) is 2.73. The molecule has 0 amide bonds. The van der Waals surface area contributed by atoms with Crippen LogP contribution in [-0.4, -0.2) is 4.92 Å². The fourth-order valence-corrected chi connectivity index (χ4v) is 2.65. The maximum Gasteiger partial charge on any atom is 0.416 e. The molecule has 0 atom stereocenters. The van der Waals surface area contributed by atoms with Crippen molar-refractivity contribution in [2.24, 2.45) is 0 Å². The van der Waals surface area contributed by atoms with E-state index in [9.17, 15) is 28.5 Å². The highest BCUT2D eigenvalue weighted by atomic mass is 19.4. The molecule has 0 aliphatic carbocycles. The number of benzene rings is 3. The van der Waals surface area contributed by atoms with Gasteiger partial charge in [-0.2, -0.15) is 18.4 Å². The summed E-state index contributed by atoms with van der Waals surface area (Å²) >= 11 is 0. The molecular formula is C22H13F3N2O3. The summed E-state index contributed by atoms with van der Waals surface area (Å²) in [6, 6.07) is 19.5. The maximum absolute atomic E-state index is 12.8. The molecular weight excluding hydrogens is 397 g/mol. The second kappa shape index (κ2) is 8.49. The van der Waals surface area contributed by atoms with Crippen LogP contribution in [0.25, 0.3) is 11.6 Å². The fourth-order valence-electron chi connectivity index (χ4n) is 2.65. The highest BCUT2D eigenvalue weighted by Gasteiger charge is 2.33. The average molecular weight is 410 g/mol.